The maximum atomic E-state index is 13.2. The lowest BCUT2D eigenvalue weighted by Crippen LogP contribution is -2.45. The number of halogens is 1. The molecule has 1 atom stereocenters. The Kier molecular flexibility index (Phi) is 6.29. The van der Waals surface area contributed by atoms with Crippen molar-refractivity contribution in [3.63, 3.8) is 0 Å². The van der Waals surface area contributed by atoms with Gasteiger partial charge in [0.1, 0.15) is 18.2 Å². The predicted octanol–water partition coefficient (Wildman–Crippen LogP) is 3.28. The van der Waals surface area contributed by atoms with Crippen molar-refractivity contribution in [3.05, 3.63) is 59.3 Å². The van der Waals surface area contributed by atoms with Gasteiger partial charge in [0.15, 0.2) is 5.76 Å². The third-order valence-electron chi connectivity index (χ3n) is 5.13. The van der Waals surface area contributed by atoms with Gasteiger partial charge in [-0.25, -0.2) is 4.39 Å². The third kappa shape index (κ3) is 4.76. The summed E-state index contributed by atoms with van der Waals surface area (Å²) >= 11 is 0. The van der Waals surface area contributed by atoms with E-state index < -0.39 is 0 Å². The SMILES string of the molecule is CC(C)C1CN(C(=O)c2ccc(CO)o2)CCCN1Cc1ccc(F)cc1. The number of nitrogens with zero attached hydrogens (tertiary/aromatic N) is 2. The van der Waals surface area contributed by atoms with E-state index in [-0.39, 0.29) is 30.1 Å². The van der Waals surface area contributed by atoms with Crippen LogP contribution >= 0.6 is 0 Å². The lowest BCUT2D eigenvalue weighted by atomic mass is 10.0. The number of carbonyl (C=O) groups is 1. The number of aliphatic hydroxyl groups excluding tert-OH is 1. The highest BCUT2D eigenvalue weighted by Crippen LogP contribution is 2.22. The quantitative estimate of drug-likeness (QED) is 0.873. The van der Waals surface area contributed by atoms with Gasteiger partial charge in [-0.2, -0.15) is 0 Å². The van der Waals surface area contributed by atoms with Gasteiger partial charge in [0.2, 0.25) is 0 Å². The molecule has 1 amide bonds. The van der Waals surface area contributed by atoms with E-state index in [0.717, 1.165) is 25.1 Å². The molecule has 1 saturated heterocycles. The molecular weight excluding hydrogens is 347 g/mol. The van der Waals surface area contributed by atoms with E-state index in [4.69, 9.17) is 9.52 Å². The van der Waals surface area contributed by atoms with Crippen molar-refractivity contribution < 1.29 is 18.7 Å². The zero-order valence-electron chi connectivity index (χ0n) is 15.9. The molecule has 0 saturated carbocycles. The highest BCUT2D eigenvalue weighted by molar-refractivity contribution is 5.91. The second kappa shape index (κ2) is 8.67. The second-order valence-electron chi connectivity index (χ2n) is 7.44. The van der Waals surface area contributed by atoms with Crippen molar-refractivity contribution in [1.29, 1.82) is 0 Å². The number of hydrogen-bond acceptors (Lipinski definition) is 4. The Balaban J connectivity index is 1.74. The molecule has 1 fully saturated rings. The number of carbonyl (C=O) groups excluding carboxylic acids is 1. The van der Waals surface area contributed by atoms with Crippen LogP contribution in [0.15, 0.2) is 40.8 Å². The van der Waals surface area contributed by atoms with E-state index in [1.54, 1.807) is 12.1 Å². The highest BCUT2D eigenvalue weighted by Gasteiger charge is 2.30. The summed E-state index contributed by atoms with van der Waals surface area (Å²) in [4.78, 5) is 17.1. The van der Waals surface area contributed by atoms with Crippen LogP contribution in [0.1, 0.15) is 42.1 Å². The minimum atomic E-state index is -0.229. The van der Waals surface area contributed by atoms with Crippen LogP contribution in [0, 0.1) is 11.7 Å². The van der Waals surface area contributed by atoms with Crippen molar-refractivity contribution in [3.8, 4) is 0 Å². The molecule has 1 aliphatic heterocycles. The first-order chi connectivity index (χ1) is 13.0. The number of furan rings is 1. The molecule has 3 rings (SSSR count). The minimum absolute atomic E-state index is 0.135. The molecular formula is C21H27FN2O3. The summed E-state index contributed by atoms with van der Waals surface area (Å²) < 4.78 is 18.6. The van der Waals surface area contributed by atoms with E-state index >= 15 is 0 Å². The second-order valence-corrected chi connectivity index (χ2v) is 7.44. The van der Waals surface area contributed by atoms with Gasteiger partial charge < -0.3 is 14.4 Å². The molecule has 2 aromatic rings. The van der Waals surface area contributed by atoms with Crippen LogP contribution in [0.2, 0.25) is 0 Å². The zero-order chi connectivity index (χ0) is 19.4. The Morgan fingerprint density at radius 1 is 1.22 bits per heavy atom. The van der Waals surface area contributed by atoms with Crippen molar-refractivity contribution in [2.24, 2.45) is 5.92 Å². The fraction of sp³-hybridized carbons (Fsp3) is 0.476. The Labute approximate surface area is 159 Å². The molecule has 0 spiro atoms. The summed E-state index contributed by atoms with van der Waals surface area (Å²) in [5.41, 5.74) is 1.07. The summed E-state index contributed by atoms with van der Waals surface area (Å²) in [6.07, 6.45) is 0.865. The van der Waals surface area contributed by atoms with Crippen LogP contribution in [0.5, 0.6) is 0 Å². The van der Waals surface area contributed by atoms with E-state index in [0.29, 0.717) is 24.8 Å². The first-order valence-corrected chi connectivity index (χ1v) is 9.45. The molecule has 6 heteroatoms. The monoisotopic (exact) mass is 374 g/mol. The Hall–Kier alpha value is -2.18. The highest BCUT2D eigenvalue weighted by atomic mass is 19.1. The molecule has 27 heavy (non-hydrogen) atoms. The Morgan fingerprint density at radius 3 is 2.59 bits per heavy atom. The number of benzene rings is 1. The Morgan fingerprint density at radius 2 is 1.96 bits per heavy atom. The summed E-state index contributed by atoms with van der Waals surface area (Å²) in [5.74, 6) is 0.667. The van der Waals surface area contributed by atoms with Crippen LogP contribution in [0.3, 0.4) is 0 Å². The molecule has 1 unspecified atom stereocenters. The molecule has 1 aliphatic rings. The topological polar surface area (TPSA) is 56.9 Å². The van der Waals surface area contributed by atoms with Crippen LogP contribution in [-0.2, 0) is 13.2 Å². The normalized spacial score (nSPS) is 18.7. The van der Waals surface area contributed by atoms with Gasteiger partial charge in [0.25, 0.3) is 5.91 Å². The van der Waals surface area contributed by atoms with Gasteiger partial charge >= 0.3 is 0 Å². The summed E-state index contributed by atoms with van der Waals surface area (Å²) in [6, 6.07) is 10.1. The molecule has 2 heterocycles. The van der Waals surface area contributed by atoms with E-state index in [2.05, 4.69) is 18.7 Å². The maximum absolute atomic E-state index is 13.2. The van der Waals surface area contributed by atoms with E-state index in [1.165, 1.54) is 12.1 Å². The zero-order valence-corrected chi connectivity index (χ0v) is 15.9. The molecule has 1 N–H and O–H groups in total. The largest absolute Gasteiger partial charge is 0.453 e. The van der Waals surface area contributed by atoms with Crippen LogP contribution in [0.25, 0.3) is 0 Å². The molecule has 0 bridgehead atoms. The van der Waals surface area contributed by atoms with Crippen molar-refractivity contribution in [2.45, 2.75) is 39.5 Å². The standard InChI is InChI=1S/C21H27FN2O3/c1-15(2)19-13-24(21(26)20-9-8-18(14-25)27-20)11-3-10-23(19)12-16-4-6-17(22)7-5-16/h4-9,15,19,25H,3,10-14H2,1-2H3. The predicted molar refractivity (Wildman–Crippen MR) is 101 cm³/mol. The third-order valence-corrected chi connectivity index (χ3v) is 5.13. The molecule has 0 radical (unpaired) electrons. The number of aliphatic hydroxyl groups is 1. The first-order valence-electron chi connectivity index (χ1n) is 9.45. The number of amides is 1. The molecule has 0 aliphatic carbocycles. The summed E-state index contributed by atoms with van der Waals surface area (Å²) in [5, 5.41) is 9.15. The molecule has 1 aromatic heterocycles. The fourth-order valence-electron chi connectivity index (χ4n) is 3.63. The van der Waals surface area contributed by atoms with Gasteiger partial charge in [-0.15, -0.1) is 0 Å². The Bertz CT molecular complexity index is 757. The van der Waals surface area contributed by atoms with Crippen molar-refractivity contribution >= 4 is 5.91 Å². The fourth-order valence-corrected chi connectivity index (χ4v) is 3.63. The van der Waals surface area contributed by atoms with E-state index in [1.807, 2.05) is 17.0 Å². The lowest BCUT2D eigenvalue weighted by Gasteiger charge is -2.34. The molecule has 1 aromatic carbocycles. The summed E-state index contributed by atoms with van der Waals surface area (Å²) in [7, 11) is 0. The summed E-state index contributed by atoms with van der Waals surface area (Å²) in [6.45, 7) is 7.00. The molecule has 146 valence electrons. The van der Waals surface area contributed by atoms with Crippen molar-refractivity contribution in [2.75, 3.05) is 19.6 Å². The van der Waals surface area contributed by atoms with Crippen LogP contribution in [0.4, 0.5) is 4.39 Å². The first kappa shape index (κ1) is 19.6. The number of hydrogen-bond donors (Lipinski definition) is 1. The van der Waals surface area contributed by atoms with Gasteiger partial charge in [0.05, 0.1) is 0 Å². The van der Waals surface area contributed by atoms with Gasteiger partial charge in [-0.05, 0) is 42.2 Å². The molecule has 5 nitrogen and oxygen atoms in total. The maximum Gasteiger partial charge on any atom is 0.289 e. The number of rotatable bonds is 5. The average molecular weight is 374 g/mol. The van der Waals surface area contributed by atoms with E-state index in [9.17, 15) is 9.18 Å². The smallest absolute Gasteiger partial charge is 0.289 e. The minimum Gasteiger partial charge on any atom is -0.453 e. The van der Waals surface area contributed by atoms with Crippen LogP contribution in [-0.4, -0.2) is 46.5 Å². The van der Waals surface area contributed by atoms with Gasteiger partial charge in [-0.1, -0.05) is 26.0 Å². The lowest BCUT2D eigenvalue weighted by molar-refractivity contribution is 0.0667. The van der Waals surface area contributed by atoms with Crippen molar-refractivity contribution in [1.82, 2.24) is 9.80 Å². The van der Waals surface area contributed by atoms with Gasteiger partial charge in [-0.3, -0.25) is 9.69 Å². The average Bonchev–Trinajstić information content (AvgIpc) is 3.04. The van der Waals surface area contributed by atoms with Crippen LogP contribution < -0.4 is 0 Å². The van der Waals surface area contributed by atoms with Gasteiger partial charge in [0, 0.05) is 32.2 Å².